The molecule has 174 valence electrons. The molecule has 1 amide bonds. The standard InChI is InChI=1S/C27H23ClN6O/c1-17(35)33(2)21-6-3-5-19(15-21)23-12-13-24-27(31-23)34(20-10-8-18(16-28)9-11-20)26(32-24)22-7-4-14-30-25(22)29/h3-15H,16H2,1-2H3,(H2,29,30). The molecule has 2 aromatic carbocycles. The van der Waals surface area contributed by atoms with Gasteiger partial charge in [0.15, 0.2) is 11.5 Å². The molecule has 0 saturated heterocycles. The third-order valence-electron chi connectivity index (χ3n) is 5.93. The topological polar surface area (TPSA) is 89.9 Å². The average molecular weight is 483 g/mol. The van der Waals surface area contributed by atoms with E-state index in [-0.39, 0.29) is 5.91 Å². The molecule has 0 fully saturated rings. The predicted molar refractivity (Wildman–Crippen MR) is 141 cm³/mol. The number of anilines is 2. The van der Waals surface area contributed by atoms with E-state index in [0.717, 1.165) is 39.3 Å². The minimum atomic E-state index is -0.0391. The number of aromatic nitrogens is 4. The van der Waals surface area contributed by atoms with Crippen LogP contribution in [0.25, 0.3) is 39.5 Å². The van der Waals surface area contributed by atoms with Crippen molar-refractivity contribution in [2.75, 3.05) is 17.7 Å². The smallest absolute Gasteiger partial charge is 0.223 e. The maximum atomic E-state index is 11.9. The number of pyridine rings is 2. The van der Waals surface area contributed by atoms with Gasteiger partial charge < -0.3 is 10.6 Å². The molecule has 0 aliphatic carbocycles. The van der Waals surface area contributed by atoms with E-state index in [4.69, 9.17) is 27.3 Å². The molecule has 35 heavy (non-hydrogen) atoms. The summed E-state index contributed by atoms with van der Waals surface area (Å²) in [5, 5.41) is 0. The van der Waals surface area contributed by atoms with Crippen LogP contribution in [0.3, 0.4) is 0 Å². The summed E-state index contributed by atoms with van der Waals surface area (Å²) in [5.41, 5.74) is 12.7. The summed E-state index contributed by atoms with van der Waals surface area (Å²) < 4.78 is 1.98. The molecule has 0 aliphatic heterocycles. The fraction of sp³-hybridized carbons (Fsp3) is 0.111. The van der Waals surface area contributed by atoms with Gasteiger partial charge in [-0.15, -0.1) is 11.6 Å². The van der Waals surface area contributed by atoms with Crippen LogP contribution in [0.1, 0.15) is 12.5 Å². The van der Waals surface area contributed by atoms with Crippen molar-refractivity contribution >= 4 is 40.2 Å². The summed E-state index contributed by atoms with van der Waals surface area (Å²) in [6.07, 6.45) is 1.66. The van der Waals surface area contributed by atoms with E-state index in [1.165, 1.54) is 6.92 Å². The third-order valence-corrected chi connectivity index (χ3v) is 6.24. The molecule has 0 spiro atoms. The number of nitrogens with zero attached hydrogens (tertiary/aromatic N) is 5. The molecular weight excluding hydrogens is 460 g/mol. The molecule has 0 aliphatic rings. The highest BCUT2D eigenvalue weighted by Crippen LogP contribution is 2.32. The Morgan fingerprint density at radius 3 is 2.54 bits per heavy atom. The molecule has 0 saturated carbocycles. The summed E-state index contributed by atoms with van der Waals surface area (Å²) in [4.78, 5) is 27.6. The first-order valence-electron chi connectivity index (χ1n) is 11.1. The second-order valence-corrected chi connectivity index (χ2v) is 8.44. The Bertz CT molecular complexity index is 1540. The fourth-order valence-electron chi connectivity index (χ4n) is 3.94. The number of nitrogens with two attached hydrogens (primary N) is 1. The van der Waals surface area contributed by atoms with Crippen molar-refractivity contribution in [1.29, 1.82) is 0 Å². The van der Waals surface area contributed by atoms with Crippen molar-refractivity contribution in [2.24, 2.45) is 0 Å². The van der Waals surface area contributed by atoms with Gasteiger partial charge in [0, 0.05) is 43.0 Å². The molecule has 0 atom stereocenters. The molecule has 7 nitrogen and oxygen atoms in total. The number of fused-ring (bicyclic) bond motifs is 1. The van der Waals surface area contributed by atoms with E-state index in [9.17, 15) is 4.79 Å². The highest BCUT2D eigenvalue weighted by Gasteiger charge is 2.19. The van der Waals surface area contributed by atoms with E-state index < -0.39 is 0 Å². The monoisotopic (exact) mass is 482 g/mol. The van der Waals surface area contributed by atoms with E-state index in [1.54, 1.807) is 18.1 Å². The van der Waals surface area contributed by atoms with Crippen molar-refractivity contribution < 1.29 is 4.79 Å². The Labute approximate surface area is 207 Å². The van der Waals surface area contributed by atoms with Gasteiger partial charge in [0.1, 0.15) is 11.3 Å². The molecule has 0 radical (unpaired) electrons. The van der Waals surface area contributed by atoms with Gasteiger partial charge in [-0.25, -0.2) is 15.0 Å². The second kappa shape index (κ2) is 9.19. The van der Waals surface area contributed by atoms with Gasteiger partial charge in [-0.05, 0) is 54.1 Å². The molecule has 3 aromatic heterocycles. The lowest BCUT2D eigenvalue weighted by atomic mass is 10.1. The summed E-state index contributed by atoms with van der Waals surface area (Å²) in [7, 11) is 1.75. The zero-order valence-corrected chi connectivity index (χ0v) is 20.1. The molecule has 0 bridgehead atoms. The zero-order chi connectivity index (χ0) is 24.5. The largest absolute Gasteiger partial charge is 0.383 e. The van der Waals surface area contributed by atoms with E-state index in [0.29, 0.717) is 23.2 Å². The predicted octanol–water partition coefficient (Wildman–Crippen LogP) is 5.45. The van der Waals surface area contributed by atoms with Crippen LogP contribution in [-0.4, -0.2) is 32.5 Å². The van der Waals surface area contributed by atoms with E-state index >= 15 is 0 Å². The molecule has 2 N–H and O–H groups in total. The molecule has 5 rings (SSSR count). The molecule has 8 heteroatoms. The fourth-order valence-corrected chi connectivity index (χ4v) is 4.12. The van der Waals surface area contributed by atoms with Crippen LogP contribution in [0, 0.1) is 0 Å². The number of rotatable bonds is 5. The summed E-state index contributed by atoms with van der Waals surface area (Å²) >= 11 is 6.01. The minimum Gasteiger partial charge on any atom is -0.383 e. The van der Waals surface area contributed by atoms with Crippen LogP contribution in [0.5, 0.6) is 0 Å². The highest BCUT2D eigenvalue weighted by molar-refractivity contribution is 6.17. The first-order valence-corrected chi connectivity index (χ1v) is 11.6. The van der Waals surface area contributed by atoms with Gasteiger partial charge in [-0.3, -0.25) is 9.36 Å². The number of imidazole rings is 1. The van der Waals surface area contributed by atoms with Crippen molar-refractivity contribution in [2.45, 2.75) is 12.8 Å². The van der Waals surface area contributed by atoms with Gasteiger partial charge in [-0.1, -0.05) is 24.3 Å². The Morgan fingerprint density at radius 2 is 1.83 bits per heavy atom. The van der Waals surface area contributed by atoms with E-state index in [2.05, 4.69) is 4.98 Å². The SMILES string of the molecule is CC(=O)N(C)c1cccc(-c2ccc3nc(-c4cccnc4N)n(-c4ccc(CCl)cc4)c3n2)c1. The lowest BCUT2D eigenvalue weighted by molar-refractivity contribution is -0.116. The minimum absolute atomic E-state index is 0.0391. The Hall–Kier alpha value is -4.23. The van der Waals surface area contributed by atoms with Crippen LogP contribution >= 0.6 is 11.6 Å². The molecule has 3 heterocycles. The van der Waals surface area contributed by atoms with Gasteiger partial charge in [0.2, 0.25) is 5.91 Å². The summed E-state index contributed by atoms with van der Waals surface area (Å²) in [6.45, 7) is 1.54. The van der Waals surface area contributed by atoms with Gasteiger partial charge in [0.05, 0.1) is 11.3 Å². The lowest BCUT2D eigenvalue weighted by Gasteiger charge is -2.16. The number of halogens is 1. The second-order valence-electron chi connectivity index (χ2n) is 8.17. The van der Waals surface area contributed by atoms with E-state index in [1.807, 2.05) is 77.4 Å². The quantitative estimate of drug-likeness (QED) is 0.336. The van der Waals surface area contributed by atoms with Crippen molar-refractivity contribution in [3.63, 3.8) is 0 Å². The first kappa shape index (κ1) is 22.6. The maximum Gasteiger partial charge on any atom is 0.223 e. The zero-order valence-electron chi connectivity index (χ0n) is 19.3. The maximum absolute atomic E-state index is 11.9. The number of hydrogen-bond donors (Lipinski definition) is 1. The third kappa shape index (κ3) is 4.22. The van der Waals surface area contributed by atoms with Crippen LogP contribution in [0.2, 0.25) is 0 Å². The molecule has 5 aromatic rings. The number of carbonyl (C=O) groups is 1. The number of hydrogen-bond acceptors (Lipinski definition) is 5. The highest BCUT2D eigenvalue weighted by atomic mass is 35.5. The Balaban J connectivity index is 1.72. The van der Waals surface area contributed by atoms with Gasteiger partial charge in [-0.2, -0.15) is 0 Å². The van der Waals surface area contributed by atoms with Crippen LogP contribution in [0.15, 0.2) is 79.0 Å². The number of alkyl halides is 1. The van der Waals surface area contributed by atoms with Crippen molar-refractivity contribution in [3.8, 4) is 28.3 Å². The lowest BCUT2D eigenvalue weighted by Crippen LogP contribution is -2.22. The van der Waals surface area contributed by atoms with Gasteiger partial charge >= 0.3 is 0 Å². The van der Waals surface area contributed by atoms with Crippen LogP contribution < -0.4 is 10.6 Å². The molecular formula is C27H23ClN6O. The summed E-state index contributed by atoms with van der Waals surface area (Å²) in [6, 6.07) is 23.3. The number of carbonyl (C=O) groups excluding carboxylic acids is 1. The van der Waals surface area contributed by atoms with Crippen LogP contribution in [-0.2, 0) is 10.7 Å². The van der Waals surface area contributed by atoms with Crippen molar-refractivity contribution in [1.82, 2.24) is 19.5 Å². The number of amides is 1. The number of nitrogen functional groups attached to an aromatic ring is 1. The first-order chi connectivity index (χ1) is 17.0. The number of benzene rings is 2. The average Bonchev–Trinajstić information content (AvgIpc) is 3.27. The van der Waals surface area contributed by atoms with Gasteiger partial charge in [0.25, 0.3) is 0 Å². The normalized spacial score (nSPS) is 11.1. The van der Waals surface area contributed by atoms with Crippen LogP contribution in [0.4, 0.5) is 11.5 Å². The Morgan fingerprint density at radius 1 is 1.03 bits per heavy atom. The molecule has 0 unspecified atom stereocenters. The Kier molecular flexibility index (Phi) is 5.93. The van der Waals surface area contributed by atoms with Crippen molar-refractivity contribution in [3.05, 3.63) is 84.6 Å². The summed E-state index contributed by atoms with van der Waals surface area (Å²) in [5.74, 6) is 1.43.